The molecule has 2 heterocycles. The van der Waals surface area contributed by atoms with Crippen molar-refractivity contribution in [1.82, 2.24) is 9.38 Å². The lowest BCUT2D eigenvalue weighted by atomic mass is 10.1. The van der Waals surface area contributed by atoms with Crippen molar-refractivity contribution in [2.75, 3.05) is 0 Å². The molecular weight excluding hydrogens is 198 g/mol. The molecule has 2 aromatic heterocycles. The molecule has 0 radical (unpaired) electrons. The van der Waals surface area contributed by atoms with Gasteiger partial charge >= 0.3 is 0 Å². The van der Waals surface area contributed by atoms with E-state index in [1.54, 1.807) is 0 Å². The Bertz CT molecular complexity index is 523. The van der Waals surface area contributed by atoms with E-state index in [1.165, 1.54) is 18.4 Å². The Morgan fingerprint density at radius 1 is 1.50 bits per heavy atom. The molecule has 3 nitrogen and oxygen atoms in total. The van der Waals surface area contributed by atoms with Crippen LogP contribution in [-0.2, 0) is 6.42 Å². The van der Waals surface area contributed by atoms with Gasteiger partial charge in [0.05, 0.1) is 5.69 Å². The van der Waals surface area contributed by atoms with Gasteiger partial charge in [-0.2, -0.15) is 0 Å². The number of fused-ring (bicyclic) bond motifs is 1. The average molecular weight is 215 g/mol. The van der Waals surface area contributed by atoms with Gasteiger partial charge in [0, 0.05) is 17.9 Å². The number of pyridine rings is 1. The van der Waals surface area contributed by atoms with Crippen LogP contribution in [0.5, 0.6) is 0 Å². The summed E-state index contributed by atoms with van der Waals surface area (Å²) in [4.78, 5) is 4.47. The Hall–Kier alpha value is -1.35. The molecule has 0 saturated heterocycles. The molecule has 84 valence electrons. The van der Waals surface area contributed by atoms with Crippen molar-refractivity contribution in [1.29, 1.82) is 0 Å². The summed E-state index contributed by atoms with van der Waals surface area (Å²) in [7, 11) is 0. The van der Waals surface area contributed by atoms with Crippen LogP contribution in [-0.4, -0.2) is 14.9 Å². The first kappa shape index (κ1) is 9.85. The first-order valence-electron chi connectivity index (χ1n) is 5.88. The fourth-order valence-corrected chi connectivity index (χ4v) is 2.11. The third-order valence-electron chi connectivity index (χ3n) is 3.45. The molecule has 2 aromatic rings. The van der Waals surface area contributed by atoms with Gasteiger partial charge in [-0.3, -0.25) is 0 Å². The molecule has 1 aliphatic carbocycles. The Labute approximate surface area is 95.3 Å². The monoisotopic (exact) mass is 215 g/mol. The number of nitrogens with two attached hydrogens (primary N) is 1. The lowest BCUT2D eigenvalue weighted by Crippen LogP contribution is -2.22. The minimum Gasteiger partial charge on any atom is -0.325 e. The Balaban J connectivity index is 1.81. The van der Waals surface area contributed by atoms with E-state index in [2.05, 4.69) is 27.7 Å². The van der Waals surface area contributed by atoms with Crippen LogP contribution in [0.4, 0.5) is 0 Å². The van der Waals surface area contributed by atoms with Gasteiger partial charge in [0.2, 0.25) is 0 Å². The SMILES string of the molecule is Cc1cn2ccc(CCC3(N)CC3)cc2n1. The zero-order valence-electron chi connectivity index (χ0n) is 9.61. The first-order valence-corrected chi connectivity index (χ1v) is 5.88. The van der Waals surface area contributed by atoms with Gasteiger partial charge in [-0.15, -0.1) is 0 Å². The molecule has 0 aromatic carbocycles. The van der Waals surface area contributed by atoms with E-state index in [0.29, 0.717) is 0 Å². The Morgan fingerprint density at radius 3 is 3.06 bits per heavy atom. The standard InChI is InChI=1S/C13H17N3/c1-10-9-16-7-3-11(8-12(16)15-10)2-4-13(14)5-6-13/h3,7-9H,2,4-6,14H2,1H3. The minimum atomic E-state index is 0.150. The second kappa shape index (κ2) is 3.32. The molecule has 16 heavy (non-hydrogen) atoms. The van der Waals surface area contributed by atoms with Crippen LogP contribution in [0.15, 0.2) is 24.5 Å². The fourth-order valence-electron chi connectivity index (χ4n) is 2.11. The highest BCUT2D eigenvalue weighted by Crippen LogP contribution is 2.36. The van der Waals surface area contributed by atoms with Crippen LogP contribution < -0.4 is 5.73 Å². The van der Waals surface area contributed by atoms with Crippen LogP contribution in [0.2, 0.25) is 0 Å². The summed E-state index contributed by atoms with van der Waals surface area (Å²) in [5.74, 6) is 0. The van der Waals surface area contributed by atoms with E-state index in [9.17, 15) is 0 Å². The molecule has 3 rings (SSSR count). The third-order valence-corrected chi connectivity index (χ3v) is 3.45. The fraction of sp³-hybridized carbons (Fsp3) is 0.462. The predicted molar refractivity (Wildman–Crippen MR) is 64.4 cm³/mol. The molecule has 0 atom stereocenters. The van der Waals surface area contributed by atoms with Gasteiger partial charge in [0.25, 0.3) is 0 Å². The average Bonchev–Trinajstić information content (AvgIpc) is 2.87. The zero-order chi connectivity index (χ0) is 11.2. The van der Waals surface area contributed by atoms with Crippen LogP contribution in [0.25, 0.3) is 5.65 Å². The molecule has 1 fully saturated rings. The summed E-state index contributed by atoms with van der Waals surface area (Å²) >= 11 is 0. The maximum atomic E-state index is 6.09. The Morgan fingerprint density at radius 2 is 2.31 bits per heavy atom. The first-order chi connectivity index (χ1) is 7.65. The van der Waals surface area contributed by atoms with Crippen molar-refractivity contribution in [2.24, 2.45) is 5.73 Å². The highest BCUT2D eigenvalue weighted by atomic mass is 15.0. The maximum absolute atomic E-state index is 6.09. The smallest absolute Gasteiger partial charge is 0.137 e. The van der Waals surface area contributed by atoms with Crippen LogP contribution >= 0.6 is 0 Å². The second-order valence-corrected chi connectivity index (χ2v) is 5.05. The van der Waals surface area contributed by atoms with Crippen molar-refractivity contribution in [3.8, 4) is 0 Å². The van der Waals surface area contributed by atoms with Crippen molar-refractivity contribution in [2.45, 2.75) is 38.1 Å². The number of nitrogens with zero attached hydrogens (tertiary/aromatic N) is 2. The van der Waals surface area contributed by atoms with E-state index in [0.717, 1.165) is 24.2 Å². The molecule has 0 unspecified atom stereocenters. The van der Waals surface area contributed by atoms with Crippen LogP contribution in [0.1, 0.15) is 30.5 Å². The summed E-state index contributed by atoms with van der Waals surface area (Å²) in [5.41, 5.74) is 9.69. The maximum Gasteiger partial charge on any atom is 0.137 e. The van der Waals surface area contributed by atoms with Crippen molar-refractivity contribution < 1.29 is 0 Å². The highest BCUT2D eigenvalue weighted by molar-refractivity contribution is 5.42. The normalized spacial score (nSPS) is 17.9. The van der Waals surface area contributed by atoms with Gasteiger partial charge < -0.3 is 10.1 Å². The number of hydrogen-bond donors (Lipinski definition) is 1. The van der Waals surface area contributed by atoms with E-state index in [4.69, 9.17) is 5.73 Å². The number of aryl methyl sites for hydroxylation is 2. The second-order valence-electron chi connectivity index (χ2n) is 5.05. The lowest BCUT2D eigenvalue weighted by Gasteiger charge is -2.07. The largest absolute Gasteiger partial charge is 0.325 e. The zero-order valence-corrected chi connectivity index (χ0v) is 9.61. The summed E-state index contributed by atoms with van der Waals surface area (Å²) in [5, 5.41) is 0. The molecule has 0 amide bonds. The summed E-state index contributed by atoms with van der Waals surface area (Å²) in [6.07, 6.45) is 8.68. The molecule has 0 aliphatic heterocycles. The van der Waals surface area contributed by atoms with Gasteiger partial charge in [-0.25, -0.2) is 4.98 Å². The number of rotatable bonds is 3. The lowest BCUT2D eigenvalue weighted by molar-refractivity contribution is 0.609. The predicted octanol–water partition coefficient (Wildman–Crippen LogP) is 2.07. The summed E-state index contributed by atoms with van der Waals surface area (Å²) in [6.45, 7) is 2.02. The molecule has 1 aliphatic rings. The van der Waals surface area contributed by atoms with Gasteiger partial charge in [0.1, 0.15) is 5.65 Å². The van der Waals surface area contributed by atoms with E-state index in [-0.39, 0.29) is 5.54 Å². The van der Waals surface area contributed by atoms with E-state index < -0.39 is 0 Å². The van der Waals surface area contributed by atoms with Gasteiger partial charge in [-0.05, 0) is 50.3 Å². The highest BCUT2D eigenvalue weighted by Gasteiger charge is 2.37. The third kappa shape index (κ3) is 1.83. The van der Waals surface area contributed by atoms with Gasteiger partial charge in [-0.1, -0.05) is 0 Å². The minimum absolute atomic E-state index is 0.150. The topological polar surface area (TPSA) is 43.3 Å². The van der Waals surface area contributed by atoms with Crippen molar-refractivity contribution in [3.63, 3.8) is 0 Å². The van der Waals surface area contributed by atoms with Crippen molar-refractivity contribution >= 4 is 5.65 Å². The van der Waals surface area contributed by atoms with E-state index >= 15 is 0 Å². The summed E-state index contributed by atoms with van der Waals surface area (Å²) in [6, 6.07) is 4.33. The molecular formula is C13H17N3. The van der Waals surface area contributed by atoms with Crippen LogP contribution in [0, 0.1) is 6.92 Å². The number of aromatic nitrogens is 2. The summed E-state index contributed by atoms with van der Waals surface area (Å²) < 4.78 is 2.06. The molecule has 0 spiro atoms. The molecule has 0 bridgehead atoms. The van der Waals surface area contributed by atoms with E-state index in [1.807, 2.05) is 13.1 Å². The van der Waals surface area contributed by atoms with Crippen LogP contribution in [0.3, 0.4) is 0 Å². The van der Waals surface area contributed by atoms with Gasteiger partial charge in [0.15, 0.2) is 0 Å². The number of imidazole rings is 1. The molecule has 1 saturated carbocycles. The number of hydrogen-bond acceptors (Lipinski definition) is 2. The Kier molecular flexibility index (Phi) is 2.04. The molecule has 2 N–H and O–H groups in total. The van der Waals surface area contributed by atoms with Crippen molar-refractivity contribution in [3.05, 3.63) is 35.8 Å². The molecule has 3 heteroatoms. The quantitative estimate of drug-likeness (QED) is 0.851.